The number of anilines is 1. The van der Waals surface area contributed by atoms with Gasteiger partial charge in [-0.2, -0.15) is 0 Å². The fraction of sp³-hybridized carbons (Fsp3) is 0.154. The second kappa shape index (κ2) is 9.15. The number of nitrogens with zero attached hydrogens (tertiary/aromatic N) is 2. The Morgan fingerprint density at radius 1 is 0.971 bits per heavy atom. The van der Waals surface area contributed by atoms with E-state index >= 15 is 0 Å². The van der Waals surface area contributed by atoms with Crippen LogP contribution in [0.1, 0.15) is 28.8 Å². The Bertz CT molecular complexity index is 1490. The Kier molecular flexibility index (Phi) is 5.90. The number of amides is 1. The highest BCUT2D eigenvalue weighted by atomic mass is 32.2. The molecule has 2 N–H and O–H groups in total. The molecule has 1 aromatic heterocycles. The van der Waals surface area contributed by atoms with Crippen LogP contribution >= 0.6 is 0 Å². The van der Waals surface area contributed by atoms with Gasteiger partial charge in [-0.25, -0.2) is 8.42 Å². The quantitative estimate of drug-likeness (QED) is 0.435. The van der Waals surface area contributed by atoms with Gasteiger partial charge in [-0.3, -0.25) is 14.5 Å². The predicted molar refractivity (Wildman–Crippen MR) is 134 cm³/mol. The SMILES string of the molecule is O=C(Nc1cccc(S(=O)(=O)NC2=NCCC2)c1)c1cn(Cc2ccccc2)c2ccccc12. The largest absolute Gasteiger partial charge is 0.342 e. The fourth-order valence-corrected chi connectivity index (χ4v) is 5.25. The van der Waals surface area contributed by atoms with Gasteiger partial charge in [0.15, 0.2) is 0 Å². The third kappa shape index (κ3) is 4.58. The van der Waals surface area contributed by atoms with Crippen LogP contribution in [0.2, 0.25) is 0 Å². The number of para-hydroxylation sites is 1. The monoisotopic (exact) mass is 472 g/mol. The van der Waals surface area contributed by atoms with Crippen molar-refractivity contribution in [2.24, 2.45) is 4.99 Å². The minimum absolute atomic E-state index is 0.0754. The zero-order valence-corrected chi connectivity index (χ0v) is 19.3. The summed E-state index contributed by atoms with van der Waals surface area (Å²) in [6.07, 6.45) is 3.29. The zero-order chi connectivity index (χ0) is 23.5. The van der Waals surface area contributed by atoms with Crippen molar-refractivity contribution >= 4 is 38.4 Å². The average molecular weight is 473 g/mol. The van der Waals surface area contributed by atoms with Crippen molar-refractivity contribution in [3.8, 4) is 0 Å². The van der Waals surface area contributed by atoms with Gasteiger partial charge < -0.3 is 9.88 Å². The topological polar surface area (TPSA) is 92.6 Å². The molecule has 0 unspecified atom stereocenters. The van der Waals surface area contributed by atoms with Crippen molar-refractivity contribution in [3.63, 3.8) is 0 Å². The molecule has 0 saturated heterocycles. The first kappa shape index (κ1) is 21.9. The summed E-state index contributed by atoms with van der Waals surface area (Å²) >= 11 is 0. The van der Waals surface area contributed by atoms with Gasteiger partial charge in [-0.05, 0) is 36.2 Å². The molecule has 0 saturated carbocycles. The smallest absolute Gasteiger partial charge is 0.262 e. The zero-order valence-electron chi connectivity index (χ0n) is 18.4. The minimum atomic E-state index is -3.77. The third-order valence-electron chi connectivity index (χ3n) is 5.76. The van der Waals surface area contributed by atoms with Crippen molar-refractivity contribution in [2.75, 3.05) is 11.9 Å². The lowest BCUT2D eigenvalue weighted by Crippen LogP contribution is -2.29. The minimum Gasteiger partial charge on any atom is -0.342 e. The normalized spacial score (nSPS) is 13.6. The number of amidine groups is 1. The molecule has 7 nitrogen and oxygen atoms in total. The summed E-state index contributed by atoms with van der Waals surface area (Å²) in [5, 5.41) is 3.69. The number of rotatable bonds is 6. The summed E-state index contributed by atoms with van der Waals surface area (Å²) in [5.74, 6) is 0.173. The molecule has 0 bridgehead atoms. The highest BCUT2D eigenvalue weighted by molar-refractivity contribution is 7.90. The van der Waals surface area contributed by atoms with Crippen LogP contribution in [0.5, 0.6) is 0 Å². The lowest BCUT2D eigenvalue weighted by atomic mass is 10.1. The highest BCUT2D eigenvalue weighted by Gasteiger charge is 2.20. The van der Waals surface area contributed by atoms with Gasteiger partial charge in [0.05, 0.1) is 10.5 Å². The number of hydrogen-bond donors (Lipinski definition) is 2. The molecule has 0 fully saturated rings. The molecule has 0 aliphatic carbocycles. The van der Waals surface area contributed by atoms with Crippen molar-refractivity contribution in [3.05, 3.63) is 96.2 Å². The van der Waals surface area contributed by atoms with Crippen molar-refractivity contribution < 1.29 is 13.2 Å². The predicted octanol–water partition coefficient (Wildman–Crippen LogP) is 4.41. The van der Waals surface area contributed by atoms with Crippen LogP contribution in [0.3, 0.4) is 0 Å². The fourth-order valence-electron chi connectivity index (χ4n) is 4.11. The standard InChI is InChI=1S/C26H24N4O3S/c31-26(28-20-10-6-11-21(16-20)34(32,33)29-25-14-7-15-27-25)23-18-30(17-19-8-2-1-3-9-19)24-13-5-4-12-22(23)24/h1-6,8-13,16,18H,7,14-15,17H2,(H,27,29)(H,28,31). The number of carbonyl (C=O) groups excluding carboxylic acids is 1. The lowest BCUT2D eigenvalue weighted by Gasteiger charge is -2.10. The van der Waals surface area contributed by atoms with E-state index < -0.39 is 10.0 Å². The van der Waals surface area contributed by atoms with E-state index in [0.717, 1.165) is 22.9 Å². The van der Waals surface area contributed by atoms with Crippen LogP contribution in [0.4, 0.5) is 5.69 Å². The van der Waals surface area contributed by atoms with Gasteiger partial charge in [0.1, 0.15) is 5.84 Å². The van der Waals surface area contributed by atoms with Gasteiger partial charge >= 0.3 is 0 Å². The first-order valence-electron chi connectivity index (χ1n) is 11.1. The maximum atomic E-state index is 13.2. The molecule has 0 radical (unpaired) electrons. The summed E-state index contributed by atoms with van der Waals surface area (Å²) in [4.78, 5) is 17.5. The van der Waals surface area contributed by atoms with E-state index in [0.29, 0.717) is 36.6 Å². The van der Waals surface area contributed by atoms with E-state index in [-0.39, 0.29) is 10.8 Å². The molecule has 8 heteroatoms. The number of aromatic nitrogens is 1. The Labute approximate surface area is 198 Å². The van der Waals surface area contributed by atoms with Gasteiger partial charge in [0.25, 0.3) is 15.9 Å². The Morgan fingerprint density at radius 2 is 1.76 bits per heavy atom. The molecular weight excluding hydrogens is 448 g/mol. The van der Waals surface area contributed by atoms with E-state index in [9.17, 15) is 13.2 Å². The van der Waals surface area contributed by atoms with E-state index in [2.05, 4.69) is 15.0 Å². The van der Waals surface area contributed by atoms with Crippen molar-refractivity contribution in [2.45, 2.75) is 24.3 Å². The summed E-state index contributed by atoms with van der Waals surface area (Å²) in [7, 11) is -3.77. The molecule has 5 rings (SSSR count). The second-order valence-corrected chi connectivity index (χ2v) is 9.88. The van der Waals surface area contributed by atoms with Crippen LogP contribution < -0.4 is 10.0 Å². The number of benzene rings is 3. The number of sulfonamides is 1. The van der Waals surface area contributed by atoms with E-state index in [1.54, 1.807) is 12.1 Å². The van der Waals surface area contributed by atoms with Crippen LogP contribution in [0.15, 0.2) is 94.9 Å². The van der Waals surface area contributed by atoms with Crippen LogP contribution in [-0.4, -0.2) is 31.3 Å². The van der Waals surface area contributed by atoms with E-state index in [1.807, 2.05) is 65.4 Å². The summed E-state index contributed by atoms with van der Waals surface area (Å²) in [6.45, 7) is 1.27. The van der Waals surface area contributed by atoms with Gasteiger partial charge in [0, 0.05) is 42.3 Å². The van der Waals surface area contributed by atoms with Crippen LogP contribution in [0, 0.1) is 0 Å². The number of fused-ring (bicyclic) bond motifs is 1. The van der Waals surface area contributed by atoms with E-state index in [4.69, 9.17) is 0 Å². The Morgan fingerprint density at radius 3 is 2.56 bits per heavy atom. The molecule has 1 aliphatic rings. The maximum Gasteiger partial charge on any atom is 0.262 e. The van der Waals surface area contributed by atoms with Gasteiger partial charge in [0.2, 0.25) is 0 Å². The number of aliphatic imine (C=N–C) groups is 1. The number of carbonyl (C=O) groups is 1. The Balaban J connectivity index is 1.41. The summed E-state index contributed by atoms with van der Waals surface area (Å²) < 4.78 is 30.1. The highest BCUT2D eigenvalue weighted by Crippen LogP contribution is 2.24. The molecule has 0 atom stereocenters. The molecule has 172 valence electrons. The van der Waals surface area contributed by atoms with Crippen molar-refractivity contribution in [1.82, 2.24) is 9.29 Å². The number of hydrogen-bond acceptors (Lipinski definition) is 4. The van der Waals surface area contributed by atoms with Crippen molar-refractivity contribution in [1.29, 1.82) is 0 Å². The molecule has 1 amide bonds. The first-order valence-corrected chi connectivity index (χ1v) is 12.6. The molecule has 34 heavy (non-hydrogen) atoms. The lowest BCUT2D eigenvalue weighted by molar-refractivity contribution is 0.102. The molecule has 1 aliphatic heterocycles. The second-order valence-electron chi connectivity index (χ2n) is 8.19. The molecule has 2 heterocycles. The molecule has 3 aromatic carbocycles. The molecular formula is C26H24N4O3S. The van der Waals surface area contributed by atoms with Crippen LogP contribution in [0.25, 0.3) is 10.9 Å². The molecule has 4 aromatic rings. The number of nitrogens with one attached hydrogen (secondary N) is 2. The van der Waals surface area contributed by atoms with Gasteiger partial charge in [-0.15, -0.1) is 0 Å². The average Bonchev–Trinajstić information content (AvgIpc) is 3.48. The third-order valence-corrected chi connectivity index (χ3v) is 7.14. The first-order chi connectivity index (χ1) is 16.5. The van der Waals surface area contributed by atoms with Gasteiger partial charge in [-0.1, -0.05) is 54.6 Å². The van der Waals surface area contributed by atoms with E-state index in [1.165, 1.54) is 12.1 Å². The summed E-state index contributed by atoms with van der Waals surface area (Å²) in [6, 6.07) is 24.0. The van der Waals surface area contributed by atoms with Crippen LogP contribution in [-0.2, 0) is 16.6 Å². The molecule has 0 spiro atoms. The Hall–Kier alpha value is -3.91. The maximum absolute atomic E-state index is 13.2. The summed E-state index contributed by atoms with van der Waals surface area (Å²) in [5.41, 5.74) is 3.02.